The normalized spacial score (nSPS) is 13.1. The van der Waals surface area contributed by atoms with Crippen LogP contribution in [0.2, 0.25) is 0 Å². The predicted octanol–water partition coefficient (Wildman–Crippen LogP) is 4.77. The zero-order chi connectivity index (χ0) is 21.0. The molecule has 2 aromatic rings. The zero-order valence-corrected chi connectivity index (χ0v) is 17.5. The molecule has 0 saturated heterocycles. The quantitative estimate of drug-likeness (QED) is 0.451. The van der Waals surface area contributed by atoms with E-state index in [4.69, 9.17) is 14.2 Å². The summed E-state index contributed by atoms with van der Waals surface area (Å²) in [6, 6.07) is 9.65. The van der Waals surface area contributed by atoms with Crippen LogP contribution in [-0.4, -0.2) is 32.1 Å². The number of ether oxygens (including phenoxy) is 3. The number of Topliss-reactive ketones (excluding diaryl/α,β-unsaturated/α-hetero) is 1. The summed E-state index contributed by atoms with van der Waals surface area (Å²) in [5, 5.41) is 0. The molecule has 1 fully saturated rings. The minimum absolute atomic E-state index is 0.0461. The maximum absolute atomic E-state index is 12.1. The zero-order valence-electron chi connectivity index (χ0n) is 17.5. The summed E-state index contributed by atoms with van der Waals surface area (Å²) < 4.78 is 16.7. The molecule has 0 unspecified atom stereocenters. The van der Waals surface area contributed by atoms with Gasteiger partial charge in [-0.15, -0.1) is 0 Å². The molecule has 1 aliphatic carbocycles. The van der Waals surface area contributed by atoms with Crippen molar-refractivity contribution in [2.24, 2.45) is 5.92 Å². The van der Waals surface area contributed by atoms with Crippen LogP contribution in [0.1, 0.15) is 48.2 Å². The van der Waals surface area contributed by atoms with Crippen LogP contribution in [0.25, 0.3) is 11.1 Å². The molecule has 0 aliphatic heterocycles. The number of esters is 1. The van der Waals surface area contributed by atoms with E-state index in [-0.39, 0.29) is 18.4 Å². The lowest BCUT2D eigenvalue weighted by atomic mass is 9.95. The molecule has 29 heavy (non-hydrogen) atoms. The first-order valence-electron chi connectivity index (χ1n) is 10.0. The molecule has 0 N–H and O–H groups in total. The molecule has 0 bridgehead atoms. The molecule has 0 spiro atoms. The van der Waals surface area contributed by atoms with E-state index in [2.05, 4.69) is 0 Å². The van der Waals surface area contributed by atoms with Crippen LogP contribution in [0.3, 0.4) is 0 Å². The summed E-state index contributed by atoms with van der Waals surface area (Å²) in [4.78, 5) is 24.0. The molecule has 0 heterocycles. The number of carbonyl (C=O) groups is 2. The number of carbonyl (C=O) groups excluding carboxylic acids is 2. The molecule has 0 atom stereocenters. The summed E-state index contributed by atoms with van der Waals surface area (Å²) in [6.07, 6.45) is 3.00. The topological polar surface area (TPSA) is 61.8 Å². The smallest absolute Gasteiger partial charge is 0.344 e. The fraction of sp³-hybridized carbons (Fsp3) is 0.417. The van der Waals surface area contributed by atoms with Gasteiger partial charge >= 0.3 is 5.97 Å². The van der Waals surface area contributed by atoms with Crippen LogP contribution in [0, 0.1) is 12.8 Å². The molecule has 5 heteroatoms. The highest BCUT2D eigenvalue weighted by molar-refractivity contribution is 5.96. The number of methoxy groups -OCH3 is 1. The molecule has 0 aromatic heterocycles. The van der Waals surface area contributed by atoms with E-state index in [1.54, 1.807) is 14.0 Å². The molecule has 1 aliphatic rings. The van der Waals surface area contributed by atoms with Crippen LogP contribution in [0.4, 0.5) is 0 Å². The van der Waals surface area contributed by atoms with Crippen molar-refractivity contribution < 1.29 is 23.8 Å². The second kappa shape index (κ2) is 9.12. The second-order valence-corrected chi connectivity index (χ2v) is 7.49. The van der Waals surface area contributed by atoms with Gasteiger partial charge in [-0.2, -0.15) is 0 Å². The summed E-state index contributed by atoms with van der Waals surface area (Å²) in [6.45, 7) is 5.81. The van der Waals surface area contributed by atoms with Crippen LogP contribution in [-0.2, 0) is 16.0 Å². The number of rotatable bonds is 9. The van der Waals surface area contributed by atoms with Crippen LogP contribution < -0.4 is 9.47 Å². The van der Waals surface area contributed by atoms with Gasteiger partial charge in [-0.3, -0.25) is 4.79 Å². The van der Waals surface area contributed by atoms with Crippen molar-refractivity contribution in [2.45, 2.75) is 40.0 Å². The van der Waals surface area contributed by atoms with E-state index < -0.39 is 0 Å². The minimum Gasteiger partial charge on any atom is -0.493 e. The van der Waals surface area contributed by atoms with Crippen molar-refractivity contribution in [3.05, 3.63) is 47.0 Å². The van der Waals surface area contributed by atoms with E-state index in [9.17, 15) is 9.59 Å². The Kier molecular flexibility index (Phi) is 6.57. The fourth-order valence-electron chi connectivity index (χ4n) is 3.35. The summed E-state index contributed by atoms with van der Waals surface area (Å²) >= 11 is 0. The summed E-state index contributed by atoms with van der Waals surface area (Å²) in [5.74, 6) is 1.27. The van der Waals surface area contributed by atoms with Gasteiger partial charge in [0.2, 0.25) is 0 Å². The molecule has 154 valence electrons. The van der Waals surface area contributed by atoms with E-state index in [1.807, 2.05) is 44.2 Å². The molecular weight excluding hydrogens is 368 g/mol. The Morgan fingerprint density at radius 1 is 1.10 bits per heavy atom. The molecule has 0 radical (unpaired) electrons. The van der Waals surface area contributed by atoms with Crippen LogP contribution in [0.15, 0.2) is 30.3 Å². The average Bonchev–Trinajstić information content (AvgIpc) is 3.54. The van der Waals surface area contributed by atoms with Crippen molar-refractivity contribution in [3.63, 3.8) is 0 Å². The van der Waals surface area contributed by atoms with Gasteiger partial charge in [0.15, 0.2) is 23.9 Å². The van der Waals surface area contributed by atoms with Crippen molar-refractivity contribution >= 4 is 11.8 Å². The van der Waals surface area contributed by atoms with Gasteiger partial charge in [0.05, 0.1) is 13.7 Å². The van der Waals surface area contributed by atoms with Gasteiger partial charge < -0.3 is 14.2 Å². The highest BCUT2D eigenvalue weighted by atomic mass is 16.6. The van der Waals surface area contributed by atoms with E-state index in [0.717, 1.165) is 47.1 Å². The number of ketones is 1. The fourth-order valence-corrected chi connectivity index (χ4v) is 3.35. The van der Waals surface area contributed by atoms with Gasteiger partial charge in [-0.05, 0) is 55.7 Å². The lowest BCUT2D eigenvalue weighted by Crippen LogP contribution is -2.17. The van der Waals surface area contributed by atoms with Crippen molar-refractivity contribution in [2.75, 3.05) is 20.3 Å². The second-order valence-electron chi connectivity index (χ2n) is 7.49. The first-order valence-corrected chi connectivity index (χ1v) is 10.0. The average molecular weight is 396 g/mol. The molecule has 5 nitrogen and oxygen atoms in total. The van der Waals surface area contributed by atoms with Crippen molar-refractivity contribution in [1.29, 1.82) is 0 Å². The van der Waals surface area contributed by atoms with Crippen molar-refractivity contribution in [1.82, 2.24) is 0 Å². The first kappa shape index (κ1) is 20.9. The Hall–Kier alpha value is -2.82. The monoisotopic (exact) mass is 396 g/mol. The third-order valence-corrected chi connectivity index (χ3v) is 5.20. The Bertz CT molecular complexity index is 912. The number of aryl methyl sites for hydroxylation is 2. The third-order valence-electron chi connectivity index (χ3n) is 5.20. The Morgan fingerprint density at radius 2 is 1.86 bits per heavy atom. The Morgan fingerprint density at radius 3 is 2.48 bits per heavy atom. The highest BCUT2D eigenvalue weighted by Gasteiger charge is 2.24. The molecule has 1 saturated carbocycles. The van der Waals surface area contributed by atoms with E-state index >= 15 is 0 Å². The largest absolute Gasteiger partial charge is 0.493 e. The van der Waals surface area contributed by atoms with E-state index in [0.29, 0.717) is 24.0 Å². The molecular formula is C24H28O5. The molecule has 0 amide bonds. The number of benzene rings is 2. The lowest BCUT2D eigenvalue weighted by molar-refractivity contribution is -0.146. The Labute approximate surface area is 172 Å². The first-order chi connectivity index (χ1) is 13.9. The maximum atomic E-state index is 12.1. The number of hydrogen-bond acceptors (Lipinski definition) is 5. The minimum atomic E-state index is -0.382. The SMILES string of the molecule is CCc1cc(-c2ccc(C)c(OC)c2OCC(=O)OCC2CC2)ccc1C(C)=O. The summed E-state index contributed by atoms with van der Waals surface area (Å²) in [7, 11) is 1.58. The number of hydrogen-bond donors (Lipinski definition) is 0. The third kappa shape index (κ3) is 4.97. The van der Waals surface area contributed by atoms with Crippen molar-refractivity contribution in [3.8, 4) is 22.6 Å². The molecule has 2 aromatic carbocycles. The van der Waals surface area contributed by atoms with Crippen LogP contribution in [0.5, 0.6) is 11.5 Å². The van der Waals surface area contributed by atoms with Gasteiger partial charge in [0.1, 0.15) is 0 Å². The lowest BCUT2D eigenvalue weighted by Gasteiger charge is -2.18. The standard InChI is InChI=1S/C24H28O5/c1-5-18-12-19(9-11-20(18)16(3)25)21-10-6-15(2)23(27-4)24(21)29-14-22(26)28-13-17-7-8-17/h6,9-12,17H,5,7-8,13-14H2,1-4H3. The maximum Gasteiger partial charge on any atom is 0.344 e. The van der Waals surface area contributed by atoms with Gasteiger partial charge in [-0.25, -0.2) is 4.79 Å². The Balaban J connectivity index is 1.91. The van der Waals surface area contributed by atoms with Gasteiger partial charge in [0.25, 0.3) is 0 Å². The predicted molar refractivity (Wildman–Crippen MR) is 112 cm³/mol. The molecule has 3 rings (SSSR count). The van der Waals surface area contributed by atoms with E-state index in [1.165, 1.54) is 0 Å². The van der Waals surface area contributed by atoms with Gasteiger partial charge in [-0.1, -0.05) is 37.3 Å². The van der Waals surface area contributed by atoms with Gasteiger partial charge in [0, 0.05) is 11.1 Å². The summed E-state index contributed by atoms with van der Waals surface area (Å²) in [5.41, 5.74) is 4.33. The van der Waals surface area contributed by atoms with Crippen LogP contribution >= 0.6 is 0 Å². The highest BCUT2D eigenvalue weighted by Crippen LogP contribution is 2.41.